The van der Waals surface area contributed by atoms with E-state index in [1.54, 1.807) is 0 Å². The van der Waals surface area contributed by atoms with Crippen LogP contribution in [0.15, 0.2) is 18.2 Å². The number of hydrogen-bond acceptors (Lipinski definition) is 4. The quantitative estimate of drug-likeness (QED) is 0.488. The molecule has 0 aliphatic rings. The Labute approximate surface area is 125 Å². The highest BCUT2D eigenvalue weighted by atomic mass is 79.9. The minimum atomic E-state index is -0.547. The van der Waals surface area contributed by atoms with Gasteiger partial charge in [-0.05, 0) is 11.5 Å². The van der Waals surface area contributed by atoms with Gasteiger partial charge >= 0.3 is 5.69 Å². The molecule has 1 aromatic carbocycles. The third kappa shape index (κ3) is 4.19. The lowest BCUT2D eigenvalue weighted by Crippen LogP contribution is -2.34. The lowest BCUT2D eigenvalue weighted by molar-refractivity contribution is -0.385. The number of hydrogen-bond donors (Lipinski definition) is 1. The summed E-state index contributed by atoms with van der Waals surface area (Å²) in [6, 6.07) is 4.05. The molecule has 0 radical (unpaired) electrons. The van der Waals surface area contributed by atoms with E-state index in [-0.39, 0.29) is 22.8 Å². The van der Waals surface area contributed by atoms with Gasteiger partial charge in [0.15, 0.2) is 5.75 Å². The van der Waals surface area contributed by atoms with Crippen LogP contribution in [0.1, 0.15) is 24.2 Å². The second-order valence-corrected chi connectivity index (χ2v) is 5.68. The first-order valence-corrected chi connectivity index (χ1v) is 7.09. The first kappa shape index (κ1) is 16.4. The van der Waals surface area contributed by atoms with E-state index in [0.717, 1.165) is 5.33 Å². The van der Waals surface area contributed by atoms with Crippen LogP contribution < -0.4 is 10.1 Å². The fourth-order valence-corrected chi connectivity index (χ4v) is 1.64. The van der Waals surface area contributed by atoms with Crippen molar-refractivity contribution in [3.05, 3.63) is 33.9 Å². The molecule has 6 nitrogen and oxygen atoms in total. The Bertz CT molecular complexity index is 517. The molecule has 20 heavy (non-hydrogen) atoms. The molecule has 0 saturated carbocycles. The van der Waals surface area contributed by atoms with Crippen LogP contribution in [0, 0.1) is 15.5 Å². The van der Waals surface area contributed by atoms with Gasteiger partial charge in [-0.25, -0.2) is 0 Å². The Hall–Kier alpha value is -1.63. The summed E-state index contributed by atoms with van der Waals surface area (Å²) in [6.07, 6.45) is 0. The van der Waals surface area contributed by atoms with E-state index in [2.05, 4.69) is 21.2 Å². The fraction of sp³-hybridized carbons (Fsp3) is 0.462. The SMILES string of the molecule is COc1cc(C(=O)NCC(C)(C)CBr)ccc1[N+](=O)[O-]. The normalized spacial score (nSPS) is 11.0. The van der Waals surface area contributed by atoms with Crippen molar-refractivity contribution in [1.29, 1.82) is 0 Å². The van der Waals surface area contributed by atoms with Crippen LogP contribution in [0.5, 0.6) is 5.75 Å². The molecule has 0 spiro atoms. The van der Waals surface area contributed by atoms with E-state index >= 15 is 0 Å². The predicted molar refractivity (Wildman–Crippen MR) is 79.6 cm³/mol. The van der Waals surface area contributed by atoms with Gasteiger partial charge in [-0.3, -0.25) is 14.9 Å². The number of ether oxygens (including phenoxy) is 1. The topological polar surface area (TPSA) is 81.5 Å². The molecule has 0 aromatic heterocycles. The zero-order valence-electron chi connectivity index (χ0n) is 11.6. The number of carbonyl (C=O) groups is 1. The van der Waals surface area contributed by atoms with Crippen molar-refractivity contribution in [3.8, 4) is 5.75 Å². The molecule has 0 saturated heterocycles. The summed E-state index contributed by atoms with van der Waals surface area (Å²) >= 11 is 3.38. The standard InChI is InChI=1S/C13H17BrN2O4/c1-13(2,7-14)8-15-12(17)9-4-5-10(16(18)19)11(6-9)20-3/h4-6H,7-8H2,1-3H3,(H,15,17). The lowest BCUT2D eigenvalue weighted by atomic mass is 9.97. The number of nitrogens with zero attached hydrogens (tertiary/aromatic N) is 1. The molecule has 110 valence electrons. The second kappa shape index (κ2) is 6.69. The first-order valence-electron chi connectivity index (χ1n) is 5.97. The summed E-state index contributed by atoms with van der Waals surface area (Å²) < 4.78 is 4.93. The summed E-state index contributed by atoms with van der Waals surface area (Å²) in [6.45, 7) is 4.52. The van der Waals surface area contributed by atoms with Crippen molar-refractivity contribution in [1.82, 2.24) is 5.32 Å². The molecule has 0 aliphatic heterocycles. The Morgan fingerprint density at radius 1 is 1.50 bits per heavy atom. The van der Waals surface area contributed by atoms with Gasteiger partial charge in [0.25, 0.3) is 5.91 Å². The molecule has 7 heteroatoms. The average Bonchev–Trinajstić information content (AvgIpc) is 2.43. The zero-order chi connectivity index (χ0) is 15.3. The molecule has 1 amide bonds. The van der Waals surface area contributed by atoms with E-state index in [4.69, 9.17) is 4.74 Å². The van der Waals surface area contributed by atoms with E-state index in [1.165, 1.54) is 25.3 Å². The first-order chi connectivity index (χ1) is 9.30. The van der Waals surface area contributed by atoms with Crippen LogP contribution in [0.3, 0.4) is 0 Å². The van der Waals surface area contributed by atoms with Crippen LogP contribution >= 0.6 is 15.9 Å². The summed E-state index contributed by atoms with van der Waals surface area (Å²) in [5, 5.41) is 14.3. The van der Waals surface area contributed by atoms with Gasteiger partial charge < -0.3 is 10.1 Å². The van der Waals surface area contributed by atoms with E-state index in [9.17, 15) is 14.9 Å². The number of amides is 1. The minimum absolute atomic E-state index is 0.0689. The van der Waals surface area contributed by atoms with E-state index in [1.807, 2.05) is 13.8 Å². The smallest absolute Gasteiger partial charge is 0.310 e. The Morgan fingerprint density at radius 2 is 2.15 bits per heavy atom. The molecule has 1 rings (SSSR count). The van der Waals surface area contributed by atoms with Crippen molar-refractivity contribution in [3.63, 3.8) is 0 Å². The molecule has 0 fully saturated rings. The molecule has 0 heterocycles. The third-order valence-corrected chi connectivity index (χ3v) is 4.25. The maximum Gasteiger partial charge on any atom is 0.310 e. The van der Waals surface area contributed by atoms with Gasteiger partial charge in [0.2, 0.25) is 0 Å². The Balaban J connectivity index is 2.87. The monoisotopic (exact) mass is 344 g/mol. The van der Waals surface area contributed by atoms with Gasteiger partial charge in [-0.1, -0.05) is 29.8 Å². The number of nitrogens with one attached hydrogen (secondary N) is 1. The molecule has 1 N–H and O–H groups in total. The Kier molecular flexibility index (Phi) is 5.50. The highest BCUT2D eigenvalue weighted by Crippen LogP contribution is 2.27. The molecule has 0 unspecified atom stereocenters. The molecule has 0 atom stereocenters. The summed E-state index contributed by atoms with van der Waals surface area (Å²) in [5.74, 6) is -0.213. The zero-order valence-corrected chi connectivity index (χ0v) is 13.2. The van der Waals surface area contributed by atoms with Gasteiger partial charge in [0, 0.05) is 29.6 Å². The van der Waals surface area contributed by atoms with Crippen LogP contribution in [0.4, 0.5) is 5.69 Å². The summed E-state index contributed by atoms with van der Waals surface area (Å²) in [5.41, 5.74) is 0.100. The van der Waals surface area contributed by atoms with Crippen molar-refractivity contribution in [2.75, 3.05) is 19.0 Å². The number of benzene rings is 1. The van der Waals surface area contributed by atoms with E-state index < -0.39 is 4.92 Å². The molecular weight excluding hydrogens is 328 g/mol. The predicted octanol–water partition coefficient (Wildman–Crippen LogP) is 2.75. The molecule has 1 aromatic rings. The van der Waals surface area contributed by atoms with Crippen molar-refractivity contribution >= 4 is 27.5 Å². The lowest BCUT2D eigenvalue weighted by Gasteiger charge is -2.21. The maximum absolute atomic E-state index is 12.0. The molecule has 0 bridgehead atoms. The highest BCUT2D eigenvalue weighted by Gasteiger charge is 2.20. The largest absolute Gasteiger partial charge is 0.490 e. The highest BCUT2D eigenvalue weighted by molar-refractivity contribution is 9.09. The fourth-order valence-electron chi connectivity index (χ4n) is 1.44. The van der Waals surface area contributed by atoms with Gasteiger partial charge in [-0.2, -0.15) is 0 Å². The number of halogens is 1. The van der Waals surface area contributed by atoms with Gasteiger partial charge in [0.05, 0.1) is 12.0 Å². The second-order valence-electron chi connectivity index (χ2n) is 5.12. The van der Waals surface area contributed by atoms with Crippen LogP contribution in [-0.2, 0) is 0 Å². The van der Waals surface area contributed by atoms with Crippen LogP contribution in [0.2, 0.25) is 0 Å². The van der Waals surface area contributed by atoms with Crippen LogP contribution in [0.25, 0.3) is 0 Å². The number of carbonyl (C=O) groups excluding carboxylic acids is 1. The number of rotatable bonds is 6. The minimum Gasteiger partial charge on any atom is -0.490 e. The molecular formula is C13H17BrN2O4. The Morgan fingerprint density at radius 3 is 2.65 bits per heavy atom. The number of nitro groups is 1. The summed E-state index contributed by atoms with van der Waals surface area (Å²) in [4.78, 5) is 22.2. The van der Waals surface area contributed by atoms with Gasteiger partial charge in [0.1, 0.15) is 0 Å². The third-order valence-electron chi connectivity index (χ3n) is 2.73. The molecule has 0 aliphatic carbocycles. The van der Waals surface area contributed by atoms with Crippen molar-refractivity contribution < 1.29 is 14.5 Å². The van der Waals surface area contributed by atoms with Crippen LogP contribution in [-0.4, -0.2) is 29.8 Å². The summed E-state index contributed by atoms with van der Waals surface area (Å²) in [7, 11) is 1.33. The number of nitro benzene ring substituents is 1. The van der Waals surface area contributed by atoms with Gasteiger partial charge in [-0.15, -0.1) is 0 Å². The maximum atomic E-state index is 12.0. The van der Waals surface area contributed by atoms with Crippen molar-refractivity contribution in [2.45, 2.75) is 13.8 Å². The number of methoxy groups -OCH3 is 1. The average molecular weight is 345 g/mol. The van der Waals surface area contributed by atoms with Crippen molar-refractivity contribution in [2.24, 2.45) is 5.41 Å². The number of alkyl halides is 1. The van der Waals surface area contributed by atoms with E-state index in [0.29, 0.717) is 12.1 Å².